The smallest absolute Gasteiger partial charge is 0.0649 e. The molecule has 100 valence electrons. The highest BCUT2D eigenvalue weighted by Crippen LogP contribution is 2.37. The molecule has 0 aromatic heterocycles. The molecule has 0 fully saturated rings. The van der Waals surface area contributed by atoms with Gasteiger partial charge in [0.15, 0.2) is 0 Å². The molecule has 0 saturated carbocycles. The lowest BCUT2D eigenvalue weighted by Gasteiger charge is -2.17. The van der Waals surface area contributed by atoms with Gasteiger partial charge < -0.3 is 0 Å². The second-order valence-corrected chi connectivity index (χ2v) is 7.06. The number of alkyl halides is 1. The quantitative estimate of drug-likeness (QED) is 0.502. The highest BCUT2D eigenvalue weighted by Gasteiger charge is 2.16. The number of hydrogen-bond acceptors (Lipinski definition) is 0. The number of hydrogen-bond donors (Lipinski definition) is 0. The number of rotatable bonds is 2. The average molecular weight is 403 g/mol. The van der Waals surface area contributed by atoms with Gasteiger partial charge >= 0.3 is 0 Å². The molecule has 0 saturated heterocycles. The van der Waals surface area contributed by atoms with Gasteiger partial charge in [0, 0.05) is 9.50 Å². The Morgan fingerprint density at radius 3 is 2.16 bits per heavy atom. The summed E-state index contributed by atoms with van der Waals surface area (Å²) in [4.78, 5) is 0.191. The van der Waals surface area contributed by atoms with Crippen LogP contribution in [0.5, 0.6) is 0 Å². The summed E-state index contributed by atoms with van der Waals surface area (Å²) in [7, 11) is 0. The predicted octanol–water partition coefficient (Wildman–Crippen LogP) is 6.51. The molecule has 0 nitrogen and oxygen atoms in total. The van der Waals surface area contributed by atoms with E-state index in [2.05, 4.69) is 70.0 Å². The zero-order valence-corrected chi connectivity index (χ0v) is 15.0. The van der Waals surface area contributed by atoms with Crippen LogP contribution in [-0.4, -0.2) is 0 Å². The molecule has 2 aromatic carbocycles. The first kappa shape index (κ1) is 15.1. The van der Waals surface area contributed by atoms with E-state index in [-0.39, 0.29) is 4.83 Å². The van der Waals surface area contributed by atoms with Crippen LogP contribution >= 0.6 is 43.5 Å². The van der Waals surface area contributed by atoms with Gasteiger partial charge in [0.1, 0.15) is 0 Å². The van der Waals surface area contributed by atoms with E-state index in [0.29, 0.717) is 0 Å². The minimum Gasteiger partial charge on any atom is -0.0840 e. The van der Waals surface area contributed by atoms with Crippen molar-refractivity contribution < 1.29 is 0 Å². The summed E-state index contributed by atoms with van der Waals surface area (Å²) in [5.74, 6) is 0. The lowest BCUT2D eigenvalue weighted by molar-refractivity contribution is 1.11. The first-order valence-electron chi connectivity index (χ1n) is 6.07. The normalized spacial score (nSPS) is 12.5. The zero-order valence-electron chi connectivity index (χ0n) is 11.1. The van der Waals surface area contributed by atoms with E-state index >= 15 is 0 Å². The standard InChI is InChI=1S/C16H15Br2Cl/c1-9-6-12(17)4-5-13(9)16(18)14-7-11(3)15(19)8-10(14)2/h4-8,16H,1-3H3. The molecule has 0 aliphatic rings. The van der Waals surface area contributed by atoms with Crippen LogP contribution in [0.3, 0.4) is 0 Å². The van der Waals surface area contributed by atoms with Crippen molar-refractivity contribution in [2.45, 2.75) is 25.6 Å². The molecule has 0 aliphatic heterocycles. The average Bonchev–Trinajstić information content (AvgIpc) is 2.33. The van der Waals surface area contributed by atoms with Gasteiger partial charge in [-0.2, -0.15) is 0 Å². The Morgan fingerprint density at radius 1 is 0.895 bits per heavy atom. The van der Waals surface area contributed by atoms with Crippen LogP contribution in [0.2, 0.25) is 5.02 Å². The molecular weight excluding hydrogens is 387 g/mol. The maximum absolute atomic E-state index is 6.17. The Labute approximate surface area is 136 Å². The van der Waals surface area contributed by atoms with Crippen molar-refractivity contribution in [1.29, 1.82) is 0 Å². The maximum atomic E-state index is 6.17. The van der Waals surface area contributed by atoms with Gasteiger partial charge in [0.25, 0.3) is 0 Å². The largest absolute Gasteiger partial charge is 0.0840 e. The molecule has 2 aromatic rings. The molecular formula is C16H15Br2Cl. The highest BCUT2D eigenvalue weighted by atomic mass is 79.9. The molecule has 2 rings (SSSR count). The van der Waals surface area contributed by atoms with Crippen LogP contribution in [0.1, 0.15) is 32.6 Å². The highest BCUT2D eigenvalue weighted by molar-refractivity contribution is 9.10. The Morgan fingerprint density at radius 2 is 1.53 bits per heavy atom. The van der Waals surface area contributed by atoms with Crippen molar-refractivity contribution in [3.05, 3.63) is 67.6 Å². The SMILES string of the molecule is Cc1cc(C(Br)c2ccc(Br)cc2C)c(C)cc1Cl. The second kappa shape index (κ2) is 5.99. The van der Waals surface area contributed by atoms with Crippen molar-refractivity contribution in [3.8, 4) is 0 Å². The third-order valence-electron chi connectivity index (χ3n) is 3.33. The Bertz CT molecular complexity index is 620. The fraction of sp³-hybridized carbons (Fsp3) is 0.250. The third kappa shape index (κ3) is 3.24. The van der Waals surface area contributed by atoms with E-state index in [0.717, 1.165) is 15.1 Å². The number of benzene rings is 2. The molecule has 0 amide bonds. The predicted molar refractivity (Wildman–Crippen MR) is 90.6 cm³/mol. The van der Waals surface area contributed by atoms with Gasteiger partial charge in [-0.15, -0.1) is 0 Å². The van der Waals surface area contributed by atoms with E-state index in [1.54, 1.807) is 0 Å². The number of aryl methyl sites for hydroxylation is 3. The molecule has 0 heterocycles. The van der Waals surface area contributed by atoms with Crippen LogP contribution in [0.25, 0.3) is 0 Å². The van der Waals surface area contributed by atoms with Crippen molar-refractivity contribution in [2.75, 3.05) is 0 Å². The number of halogens is 3. The van der Waals surface area contributed by atoms with Crippen molar-refractivity contribution in [1.82, 2.24) is 0 Å². The summed E-state index contributed by atoms with van der Waals surface area (Å²) in [5, 5.41) is 0.827. The minimum atomic E-state index is 0.191. The van der Waals surface area contributed by atoms with Crippen molar-refractivity contribution in [3.63, 3.8) is 0 Å². The van der Waals surface area contributed by atoms with Crippen LogP contribution in [0.4, 0.5) is 0 Å². The van der Waals surface area contributed by atoms with Crippen LogP contribution < -0.4 is 0 Å². The molecule has 0 spiro atoms. The van der Waals surface area contributed by atoms with Gasteiger partial charge in [-0.3, -0.25) is 0 Å². The van der Waals surface area contributed by atoms with E-state index in [1.165, 1.54) is 22.3 Å². The van der Waals surface area contributed by atoms with E-state index in [1.807, 2.05) is 13.0 Å². The maximum Gasteiger partial charge on any atom is 0.0649 e. The fourth-order valence-corrected chi connectivity index (χ4v) is 3.87. The van der Waals surface area contributed by atoms with E-state index in [4.69, 9.17) is 11.6 Å². The summed E-state index contributed by atoms with van der Waals surface area (Å²) in [5.41, 5.74) is 6.14. The van der Waals surface area contributed by atoms with Crippen molar-refractivity contribution in [2.24, 2.45) is 0 Å². The Hall–Kier alpha value is -0.310. The Kier molecular flexibility index (Phi) is 4.75. The van der Waals surface area contributed by atoms with Gasteiger partial charge in [0.05, 0.1) is 4.83 Å². The summed E-state index contributed by atoms with van der Waals surface area (Å²) < 4.78 is 1.11. The topological polar surface area (TPSA) is 0 Å². The van der Waals surface area contributed by atoms with E-state index < -0.39 is 0 Å². The molecule has 0 radical (unpaired) electrons. The first-order valence-corrected chi connectivity index (χ1v) is 8.15. The molecule has 0 N–H and O–H groups in total. The molecule has 1 unspecified atom stereocenters. The van der Waals surface area contributed by atoms with Crippen LogP contribution in [0, 0.1) is 20.8 Å². The molecule has 3 heteroatoms. The van der Waals surface area contributed by atoms with Gasteiger partial charge in [-0.1, -0.05) is 55.6 Å². The van der Waals surface area contributed by atoms with Crippen molar-refractivity contribution >= 4 is 43.5 Å². The lowest BCUT2D eigenvalue weighted by Crippen LogP contribution is -1.99. The Balaban J connectivity index is 2.49. The summed E-state index contributed by atoms with van der Waals surface area (Å²) in [6.45, 7) is 6.27. The van der Waals surface area contributed by atoms with Crippen LogP contribution in [-0.2, 0) is 0 Å². The molecule has 19 heavy (non-hydrogen) atoms. The first-order chi connectivity index (χ1) is 8.90. The summed E-state index contributed by atoms with van der Waals surface area (Å²) in [6.07, 6.45) is 0. The molecule has 1 atom stereocenters. The van der Waals surface area contributed by atoms with Gasteiger partial charge in [-0.25, -0.2) is 0 Å². The molecule has 0 aliphatic carbocycles. The fourth-order valence-electron chi connectivity index (χ4n) is 2.17. The monoisotopic (exact) mass is 400 g/mol. The summed E-state index contributed by atoms with van der Waals surface area (Å²) >= 11 is 13.5. The second-order valence-electron chi connectivity index (χ2n) is 4.82. The lowest BCUT2D eigenvalue weighted by atomic mass is 9.96. The zero-order chi connectivity index (χ0) is 14.2. The third-order valence-corrected chi connectivity index (χ3v) is 5.21. The van der Waals surface area contributed by atoms with Gasteiger partial charge in [0.2, 0.25) is 0 Å². The van der Waals surface area contributed by atoms with E-state index in [9.17, 15) is 0 Å². The summed E-state index contributed by atoms with van der Waals surface area (Å²) in [6, 6.07) is 10.6. The minimum absolute atomic E-state index is 0.191. The molecule has 0 bridgehead atoms. The van der Waals surface area contributed by atoms with Gasteiger partial charge in [-0.05, 0) is 66.8 Å². The van der Waals surface area contributed by atoms with Crippen LogP contribution in [0.15, 0.2) is 34.8 Å².